The smallest absolute Gasteiger partial charge is 0.282 e. The number of nitrogens with one attached hydrogen (secondary N) is 2. The molecule has 0 saturated carbocycles. The van der Waals surface area contributed by atoms with E-state index < -0.39 is 36.4 Å². The lowest BCUT2D eigenvalue weighted by Crippen LogP contribution is -2.58. The van der Waals surface area contributed by atoms with E-state index in [1.54, 1.807) is 33.2 Å². The number of likely N-dealkylation sites (tertiary alicyclic amines) is 1. The van der Waals surface area contributed by atoms with E-state index >= 15 is 0 Å². The Bertz CT molecular complexity index is 1640. The van der Waals surface area contributed by atoms with Crippen molar-refractivity contribution in [3.05, 3.63) is 75.2 Å². The molecule has 226 valence electrons. The fourth-order valence-corrected chi connectivity index (χ4v) is 4.63. The van der Waals surface area contributed by atoms with Gasteiger partial charge in [-0.15, -0.1) is 0 Å². The maximum atomic E-state index is 13.6. The van der Waals surface area contributed by atoms with Gasteiger partial charge >= 0.3 is 0 Å². The summed E-state index contributed by atoms with van der Waals surface area (Å²) in [5.74, 6) is -3.71. The molecule has 0 aliphatic carbocycles. The molecule has 1 aliphatic heterocycles. The number of aromatic nitrogens is 2. The second kappa shape index (κ2) is 12.7. The number of aryl methyl sites for hydroxylation is 1. The first kappa shape index (κ1) is 31.3. The van der Waals surface area contributed by atoms with Gasteiger partial charge in [-0.05, 0) is 67.3 Å². The number of alkyl halides is 2. The Morgan fingerprint density at radius 3 is 2.47 bits per heavy atom. The normalized spacial score (nSPS) is 13.9. The molecule has 2 amide bonds. The highest BCUT2D eigenvalue weighted by molar-refractivity contribution is 6.05. The van der Waals surface area contributed by atoms with E-state index in [-0.39, 0.29) is 34.5 Å². The Morgan fingerprint density at radius 2 is 1.84 bits per heavy atom. The van der Waals surface area contributed by atoms with Crippen LogP contribution in [0.1, 0.15) is 59.5 Å². The molecule has 1 aromatic carbocycles. The number of carbonyl (C=O) groups excluding carboxylic acids is 2. The van der Waals surface area contributed by atoms with Gasteiger partial charge in [0.25, 0.3) is 23.3 Å². The number of benzene rings is 1. The molecular weight excluding hydrogens is 558 g/mol. The number of ether oxygens (including phenoxy) is 1. The number of pyridine rings is 2. The number of hydrogen-bond acceptors (Lipinski definition) is 7. The van der Waals surface area contributed by atoms with Gasteiger partial charge in [-0.1, -0.05) is 19.9 Å². The highest BCUT2D eigenvalue weighted by Gasteiger charge is 2.46. The van der Waals surface area contributed by atoms with E-state index in [1.165, 1.54) is 34.9 Å². The van der Waals surface area contributed by atoms with Crippen LogP contribution < -0.4 is 20.9 Å². The number of halogens is 2. The van der Waals surface area contributed by atoms with Crippen LogP contribution in [0.5, 0.6) is 5.88 Å². The van der Waals surface area contributed by atoms with Crippen molar-refractivity contribution in [2.75, 3.05) is 25.0 Å². The summed E-state index contributed by atoms with van der Waals surface area (Å²) in [5.41, 5.74) is 1.11. The van der Waals surface area contributed by atoms with E-state index in [4.69, 9.17) is 4.74 Å². The minimum Gasteiger partial charge on any atom is -0.475 e. The summed E-state index contributed by atoms with van der Waals surface area (Å²) in [5, 5.41) is 15.4. The molecule has 1 fully saturated rings. The highest BCUT2D eigenvalue weighted by Crippen LogP contribution is 2.34. The molecule has 4 rings (SSSR count). The van der Waals surface area contributed by atoms with Gasteiger partial charge in [0.15, 0.2) is 0 Å². The van der Waals surface area contributed by atoms with Gasteiger partial charge in [0.2, 0.25) is 5.88 Å². The van der Waals surface area contributed by atoms with Crippen molar-refractivity contribution in [3.63, 3.8) is 0 Å². The molecule has 12 heteroatoms. The first-order valence-electron chi connectivity index (χ1n) is 13.9. The van der Waals surface area contributed by atoms with Crippen molar-refractivity contribution < 1.29 is 23.1 Å². The number of rotatable bonds is 10. The van der Waals surface area contributed by atoms with Crippen LogP contribution in [0.25, 0.3) is 11.1 Å². The Hall–Kier alpha value is -4.63. The summed E-state index contributed by atoms with van der Waals surface area (Å²) in [6.07, 6.45) is 1.37. The monoisotopic (exact) mass is 592 g/mol. The number of nitriles is 1. The lowest BCUT2D eigenvalue weighted by atomic mass is 9.96. The quantitative estimate of drug-likeness (QED) is 0.361. The third kappa shape index (κ3) is 7.61. The van der Waals surface area contributed by atoms with E-state index in [1.807, 2.05) is 6.07 Å². The molecule has 10 nitrogen and oxygen atoms in total. The summed E-state index contributed by atoms with van der Waals surface area (Å²) < 4.78 is 34.2. The summed E-state index contributed by atoms with van der Waals surface area (Å²) >= 11 is 0. The number of anilines is 1. The third-order valence-corrected chi connectivity index (χ3v) is 6.59. The van der Waals surface area contributed by atoms with Crippen LogP contribution in [-0.2, 0) is 13.6 Å². The largest absolute Gasteiger partial charge is 0.475 e. The van der Waals surface area contributed by atoms with Crippen LogP contribution in [0.3, 0.4) is 0 Å². The first-order chi connectivity index (χ1) is 20.3. The van der Waals surface area contributed by atoms with Crippen molar-refractivity contribution >= 4 is 17.6 Å². The zero-order valence-electron chi connectivity index (χ0n) is 24.7. The molecular formula is C31H34F2N6O4. The summed E-state index contributed by atoms with van der Waals surface area (Å²) in [7, 11) is 1.57. The van der Waals surface area contributed by atoms with Gasteiger partial charge in [0.1, 0.15) is 11.4 Å². The lowest BCUT2D eigenvalue weighted by molar-refractivity contribution is -0.113. The predicted octanol–water partition coefficient (Wildman–Crippen LogP) is 4.20. The molecule has 0 radical (unpaired) electrons. The van der Waals surface area contributed by atoms with Crippen LogP contribution >= 0.6 is 0 Å². The van der Waals surface area contributed by atoms with Crippen molar-refractivity contribution in [2.45, 2.75) is 46.3 Å². The average molecular weight is 593 g/mol. The van der Waals surface area contributed by atoms with Gasteiger partial charge in [-0.3, -0.25) is 14.4 Å². The van der Waals surface area contributed by atoms with E-state index in [2.05, 4.69) is 29.5 Å². The van der Waals surface area contributed by atoms with Crippen molar-refractivity contribution in [2.24, 2.45) is 13.0 Å². The molecule has 0 spiro atoms. The minimum atomic E-state index is -2.96. The van der Waals surface area contributed by atoms with Crippen LogP contribution in [0.2, 0.25) is 0 Å². The van der Waals surface area contributed by atoms with Crippen LogP contribution in [-0.4, -0.2) is 57.9 Å². The van der Waals surface area contributed by atoms with Crippen molar-refractivity contribution in [3.8, 4) is 23.1 Å². The fourth-order valence-electron chi connectivity index (χ4n) is 4.63. The SMILES string of the molecule is CC(C)CNCc1cc(C(=O)Nc2cc(-c3ccc(C#N)cc3C(=O)N3CC(F)(F)C3)cc(OC(C)C)n2)c(=O)n(C)c1. The zero-order valence-corrected chi connectivity index (χ0v) is 24.7. The Balaban J connectivity index is 1.71. The molecule has 0 bridgehead atoms. The van der Waals surface area contributed by atoms with Gasteiger partial charge in [-0.25, -0.2) is 8.78 Å². The van der Waals surface area contributed by atoms with E-state index in [0.717, 1.165) is 17.0 Å². The molecule has 2 aromatic heterocycles. The second-order valence-electron chi connectivity index (χ2n) is 11.3. The van der Waals surface area contributed by atoms with E-state index in [9.17, 15) is 28.4 Å². The fraction of sp³-hybridized carbons (Fsp3) is 0.387. The van der Waals surface area contributed by atoms with Crippen LogP contribution in [0.15, 0.2) is 47.4 Å². The Morgan fingerprint density at radius 1 is 1.12 bits per heavy atom. The van der Waals surface area contributed by atoms with Gasteiger partial charge < -0.3 is 24.8 Å². The Labute approximate surface area is 248 Å². The minimum absolute atomic E-state index is 0.0433. The Kier molecular flexibility index (Phi) is 9.25. The first-order valence-corrected chi connectivity index (χ1v) is 13.9. The molecule has 0 atom stereocenters. The number of amides is 2. The summed E-state index contributed by atoms with van der Waals surface area (Å²) in [6, 6.07) is 10.9. The average Bonchev–Trinajstić information content (AvgIpc) is 2.91. The van der Waals surface area contributed by atoms with Crippen molar-refractivity contribution in [1.82, 2.24) is 19.8 Å². The number of carbonyl (C=O) groups is 2. The number of nitrogens with zero attached hydrogens (tertiary/aromatic N) is 4. The molecule has 3 heterocycles. The maximum absolute atomic E-state index is 13.6. The van der Waals surface area contributed by atoms with Gasteiger partial charge in [0.05, 0.1) is 30.8 Å². The predicted molar refractivity (Wildman–Crippen MR) is 157 cm³/mol. The molecule has 3 aromatic rings. The molecule has 43 heavy (non-hydrogen) atoms. The second-order valence-corrected chi connectivity index (χ2v) is 11.3. The molecule has 1 aliphatic rings. The van der Waals surface area contributed by atoms with E-state index in [0.29, 0.717) is 23.6 Å². The standard InChI is InChI=1S/C31H34F2N6O4/c1-18(2)13-35-14-21-9-25(29(41)38(5)15-21)28(40)37-26-10-22(11-27(36-26)43-19(3)4)23-7-6-20(12-34)8-24(23)30(42)39-16-31(32,33)17-39/h6-11,15,18-19,35H,13-14,16-17H2,1-5H3,(H,36,37,40). The number of hydrogen-bond donors (Lipinski definition) is 2. The zero-order chi connectivity index (χ0) is 31.5. The van der Waals surface area contributed by atoms with Gasteiger partial charge in [-0.2, -0.15) is 10.2 Å². The van der Waals surface area contributed by atoms with Crippen LogP contribution in [0, 0.1) is 17.2 Å². The van der Waals surface area contributed by atoms with Crippen molar-refractivity contribution in [1.29, 1.82) is 5.26 Å². The molecule has 2 N–H and O–H groups in total. The topological polar surface area (TPSA) is 129 Å². The molecule has 0 unspecified atom stereocenters. The van der Waals surface area contributed by atoms with Crippen LogP contribution in [0.4, 0.5) is 14.6 Å². The molecule has 1 saturated heterocycles. The summed E-state index contributed by atoms with van der Waals surface area (Å²) in [6.45, 7) is 7.51. The maximum Gasteiger partial charge on any atom is 0.282 e. The third-order valence-electron chi connectivity index (χ3n) is 6.59. The van der Waals surface area contributed by atoms with Gasteiger partial charge in [0, 0.05) is 31.4 Å². The summed E-state index contributed by atoms with van der Waals surface area (Å²) in [4.78, 5) is 44.8. The lowest BCUT2D eigenvalue weighted by Gasteiger charge is -2.39. The highest BCUT2D eigenvalue weighted by atomic mass is 19.3.